The molecule has 1 aliphatic heterocycles. The third kappa shape index (κ3) is 7.84. The minimum atomic E-state index is -0.793. The average Bonchev–Trinajstić information content (AvgIpc) is 3.30. The van der Waals surface area contributed by atoms with Gasteiger partial charge in [0, 0.05) is 12.2 Å². The number of rotatable bonds is 14. The maximum absolute atomic E-state index is 13.8. The number of carbonyl (C=O) groups is 2. The average molecular weight is 597 g/mol. The van der Waals surface area contributed by atoms with Crippen molar-refractivity contribution in [1.29, 1.82) is 5.41 Å². The van der Waals surface area contributed by atoms with E-state index < -0.39 is 19.2 Å². The zero-order valence-electron chi connectivity index (χ0n) is 26.9. The van der Waals surface area contributed by atoms with Crippen molar-refractivity contribution in [2.75, 3.05) is 11.9 Å². The summed E-state index contributed by atoms with van der Waals surface area (Å²) < 4.78 is 13.3. The Labute approximate surface area is 258 Å². The topological polar surface area (TPSA) is 151 Å². The van der Waals surface area contributed by atoms with Gasteiger partial charge in [-0.1, -0.05) is 53.2 Å². The number of amides is 3. The smallest absolute Gasteiger partial charge is 0.404 e. The van der Waals surface area contributed by atoms with E-state index >= 15 is 0 Å². The molecule has 3 aliphatic carbocycles. The van der Waals surface area contributed by atoms with E-state index in [1.54, 1.807) is 0 Å². The first-order valence-electron chi connectivity index (χ1n) is 16.2. The zero-order chi connectivity index (χ0) is 31.4. The van der Waals surface area contributed by atoms with E-state index in [4.69, 9.17) is 20.5 Å². The number of aryl methyl sites for hydroxylation is 1. The number of urea groups is 1. The molecule has 6 atom stereocenters. The molecule has 238 valence electrons. The SMILES string of the molecule is CCCCc1ccc(NC(=O)N[C@@H](CCCNC(=N)N)C(=O)N[C@@H](CC(C)C)B2O[C@@H]3C[C@@H]4C[C@@H](C4(C)C)[C@]3(C)O2)cc1. The molecule has 5 rings (SSSR count). The van der Waals surface area contributed by atoms with Crippen molar-refractivity contribution in [3.8, 4) is 0 Å². The van der Waals surface area contributed by atoms with Crippen molar-refractivity contribution in [3.05, 3.63) is 29.8 Å². The molecule has 3 saturated carbocycles. The molecule has 11 heteroatoms. The van der Waals surface area contributed by atoms with Gasteiger partial charge in [0.15, 0.2) is 5.96 Å². The van der Waals surface area contributed by atoms with Crippen LogP contribution in [0.4, 0.5) is 10.5 Å². The van der Waals surface area contributed by atoms with Gasteiger partial charge < -0.3 is 36.3 Å². The number of hydrogen-bond acceptors (Lipinski definition) is 5. The van der Waals surface area contributed by atoms with Crippen LogP contribution in [-0.4, -0.2) is 55.2 Å². The fourth-order valence-corrected chi connectivity index (χ4v) is 7.36. The van der Waals surface area contributed by atoms with E-state index in [1.165, 1.54) is 5.56 Å². The lowest BCUT2D eigenvalue weighted by atomic mass is 9.43. The van der Waals surface area contributed by atoms with Crippen molar-refractivity contribution in [2.45, 2.75) is 117 Å². The third-order valence-electron chi connectivity index (χ3n) is 9.99. The first-order valence-corrected chi connectivity index (χ1v) is 16.2. The number of hydrogen-bond donors (Lipinski definition) is 6. The van der Waals surface area contributed by atoms with Gasteiger partial charge in [-0.25, -0.2) is 4.79 Å². The van der Waals surface area contributed by atoms with E-state index in [0.29, 0.717) is 49.2 Å². The molecule has 1 aromatic rings. The van der Waals surface area contributed by atoms with Gasteiger partial charge in [0.1, 0.15) is 6.04 Å². The number of anilines is 1. The highest BCUT2D eigenvalue weighted by Gasteiger charge is 2.68. The second-order valence-corrected chi connectivity index (χ2v) is 14.0. The van der Waals surface area contributed by atoms with Crippen LogP contribution in [0.15, 0.2) is 24.3 Å². The summed E-state index contributed by atoms with van der Waals surface area (Å²) in [5.74, 6) is 0.602. The van der Waals surface area contributed by atoms with Gasteiger partial charge >= 0.3 is 13.1 Å². The predicted octanol–water partition coefficient (Wildman–Crippen LogP) is 4.58. The van der Waals surface area contributed by atoms with Crippen LogP contribution >= 0.6 is 0 Å². The molecule has 7 N–H and O–H groups in total. The molecule has 1 aromatic carbocycles. The lowest BCUT2D eigenvalue weighted by molar-refractivity contribution is -0.199. The molecular formula is C32H53BN6O4. The lowest BCUT2D eigenvalue weighted by Gasteiger charge is -2.64. The molecule has 4 aliphatic rings. The highest BCUT2D eigenvalue weighted by Crippen LogP contribution is 2.65. The van der Waals surface area contributed by atoms with E-state index in [1.807, 2.05) is 24.3 Å². The maximum Gasteiger partial charge on any atom is 0.481 e. The van der Waals surface area contributed by atoms with Crippen LogP contribution in [0.1, 0.15) is 92.1 Å². The molecule has 0 aromatic heterocycles. The van der Waals surface area contributed by atoms with Crippen LogP contribution in [0.3, 0.4) is 0 Å². The Morgan fingerprint density at radius 1 is 1.12 bits per heavy atom. The molecule has 0 spiro atoms. The fourth-order valence-electron chi connectivity index (χ4n) is 7.36. The van der Waals surface area contributed by atoms with E-state index in [2.05, 4.69) is 62.8 Å². The molecule has 2 bridgehead atoms. The fraction of sp³-hybridized carbons (Fsp3) is 0.719. The first-order chi connectivity index (χ1) is 20.3. The molecule has 1 saturated heterocycles. The number of carbonyl (C=O) groups excluding carboxylic acids is 2. The molecule has 1 heterocycles. The largest absolute Gasteiger partial charge is 0.481 e. The Morgan fingerprint density at radius 3 is 2.47 bits per heavy atom. The summed E-state index contributed by atoms with van der Waals surface area (Å²) >= 11 is 0. The summed E-state index contributed by atoms with van der Waals surface area (Å²) in [6.07, 6.45) is 7.00. The van der Waals surface area contributed by atoms with Gasteiger partial charge in [-0.2, -0.15) is 0 Å². The van der Waals surface area contributed by atoms with Crippen molar-refractivity contribution in [3.63, 3.8) is 0 Å². The Balaban J connectivity index is 1.42. The van der Waals surface area contributed by atoms with Gasteiger partial charge in [-0.3, -0.25) is 10.2 Å². The monoisotopic (exact) mass is 596 g/mol. The number of benzene rings is 1. The van der Waals surface area contributed by atoms with Gasteiger partial charge in [0.05, 0.1) is 17.6 Å². The van der Waals surface area contributed by atoms with Crippen LogP contribution in [0.25, 0.3) is 0 Å². The predicted molar refractivity (Wildman–Crippen MR) is 172 cm³/mol. The molecule has 10 nitrogen and oxygen atoms in total. The minimum Gasteiger partial charge on any atom is -0.404 e. The summed E-state index contributed by atoms with van der Waals surface area (Å²) in [6.45, 7) is 13.7. The van der Waals surface area contributed by atoms with Crippen LogP contribution in [0.5, 0.6) is 0 Å². The molecule has 0 radical (unpaired) electrons. The van der Waals surface area contributed by atoms with Crippen molar-refractivity contribution >= 4 is 30.7 Å². The van der Waals surface area contributed by atoms with Crippen molar-refractivity contribution in [1.82, 2.24) is 16.0 Å². The van der Waals surface area contributed by atoms with Gasteiger partial charge in [0.2, 0.25) is 5.91 Å². The van der Waals surface area contributed by atoms with Gasteiger partial charge in [-0.05, 0) is 92.7 Å². The van der Waals surface area contributed by atoms with Crippen molar-refractivity contribution in [2.24, 2.45) is 28.9 Å². The molecule has 0 unspecified atom stereocenters. The number of nitrogens with one attached hydrogen (secondary N) is 5. The quantitative estimate of drug-likeness (QED) is 0.0801. The van der Waals surface area contributed by atoms with E-state index in [9.17, 15) is 9.59 Å². The Bertz CT molecular complexity index is 1130. The van der Waals surface area contributed by atoms with E-state index in [0.717, 1.165) is 32.1 Å². The lowest BCUT2D eigenvalue weighted by Crippen LogP contribution is -2.65. The zero-order valence-corrected chi connectivity index (χ0v) is 26.9. The van der Waals surface area contributed by atoms with Crippen LogP contribution < -0.4 is 27.0 Å². The summed E-state index contributed by atoms with van der Waals surface area (Å²) in [4.78, 5) is 26.8. The minimum absolute atomic E-state index is 0.0200. The molecular weight excluding hydrogens is 543 g/mol. The number of nitrogens with two attached hydrogens (primary N) is 1. The highest BCUT2D eigenvalue weighted by molar-refractivity contribution is 6.48. The van der Waals surface area contributed by atoms with Crippen LogP contribution in [0.2, 0.25) is 0 Å². The normalized spacial score (nSPS) is 26.6. The van der Waals surface area contributed by atoms with Crippen LogP contribution in [0, 0.1) is 28.6 Å². The molecule has 4 fully saturated rings. The maximum atomic E-state index is 13.8. The standard InChI is InChI=1S/C32H53BN6O4/c1-7-8-10-21-12-14-23(15-13-21)37-30(41)38-24(11-9-16-36-29(34)35)28(40)39-27(17-20(2)3)33-42-26-19-22-18-25(31(22,4)5)32(26,6)43-33/h12-15,20,22,24-27H,7-11,16-19H2,1-6H3,(H,39,40)(H4,34,35,36)(H2,37,38,41)/t22-,24-,25-,26+,27-,32-/m0/s1. The summed E-state index contributed by atoms with van der Waals surface area (Å²) in [5.41, 5.74) is 7.18. The third-order valence-corrected chi connectivity index (χ3v) is 9.99. The Hall–Kier alpha value is -2.79. The van der Waals surface area contributed by atoms with E-state index in [-0.39, 0.29) is 34.9 Å². The van der Waals surface area contributed by atoms with Crippen LogP contribution in [-0.2, 0) is 20.5 Å². The van der Waals surface area contributed by atoms with Gasteiger partial charge in [-0.15, -0.1) is 0 Å². The highest BCUT2D eigenvalue weighted by atomic mass is 16.7. The second-order valence-electron chi connectivity index (χ2n) is 14.0. The molecule has 43 heavy (non-hydrogen) atoms. The second kappa shape index (κ2) is 13.9. The van der Waals surface area contributed by atoms with Gasteiger partial charge in [0.25, 0.3) is 0 Å². The first kappa shape index (κ1) is 33.1. The number of guanidine groups is 1. The van der Waals surface area contributed by atoms with Crippen molar-refractivity contribution < 1.29 is 18.9 Å². The summed E-state index contributed by atoms with van der Waals surface area (Å²) in [5, 5.41) is 19.1. The molecule has 3 amide bonds. The number of unbranched alkanes of at least 4 members (excludes halogenated alkanes) is 1. The summed E-state index contributed by atoms with van der Waals surface area (Å²) in [6, 6.07) is 6.56. The summed E-state index contributed by atoms with van der Waals surface area (Å²) in [7, 11) is -0.545. The Morgan fingerprint density at radius 2 is 1.84 bits per heavy atom. The Kier molecular flexibility index (Phi) is 10.7.